The highest BCUT2D eigenvalue weighted by molar-refractivity contribution is 8.00. The van der Waals surface area contributed by atoms with Crippen LogP contribution in [-0.4, -0.2) is 55.4 Å². The Kier molecular flexibility index (Phi) is 6.58. The lowest BCUT2D eigenvalue weighted by molar-refractivity contribution is -0.121. The van der Waals surface area contributed by atoms with Crippen molar-refractivity contribution in [2.24, 2.45) is 0 Å². The number of nitrogens with zero attached hydrogens (tertiary/aromatic N) is 1. The van der Waals surface area contributed by atoms with Crippen LogP contribution in [-0.2, 0) is 9.53 Å². The molecule has 2 aromatic rings. The molecule has 2 atom stereocenters. The first-order chi connectivity index (χ1) is 13.7. The summed E-state index contributed by atoms with van der Waals surface area (Å²) in [5.41, 5.74) is 3.27. The topological polar surface area (TPSA) is 41.6 Å². The molecule has 2 aliphatic heterocycles. The van der Waals surface area contributed by atoms with Gasteiger partial charge >= 0.3 is 0 Å². The summed E-state index contributed by atoms with van der Waals surface area (Å²) in [7, 11) is 0. The SMILES string of the molecule is O=C1N[C@H](CN2CCOCC2)CCS[C@H]1c1cccc(-c2ccc(Cl)cc2)c1. The van der Waals surface area contributed by atoms with Gasteiger partial charge in [0.25, 0.3) is 0 Å². The van der Waals surface area contributed by atoms with Gasteiger partial charge in [0.2, 0.25) is 5.91 Å². The second kappa shape index (κ2) is 9.31. The number of ether oxygens (including phenoxy) is 1. The van der Waals surface area contributed by atoms with Crippen LogP contribution in [0.1, 0.15) is 17.2 Å². The zero-order valence-electron chi connectivity index (χ0n) is 15.8. The van der Waals surface area contributed by atoms with E-state index in [1.54, 1.807) is 11.8 Å². The maximum Gasteiger partial charge on any atom is 0.237 e. The number of nitrogens with one attached hydrogen (secondary N) is 1. The normalized spacial score (nSPS) is 23.8. The Morgan fingerprint density at radius 2 is 1.89 bits per heavy atom. The van der Waals surface area contributed by atoms with E-state index < -0.39 is 0 Å². The fraction of sp³-hybridized carbons (Fsp3) is 0.409. The van der Waals surface area contributed by atoms with E-state index in [1.165, 1.54) is 0 Å². The van der Waals surface area contributed by atoms with Gasteiger partial charge in [-0.2, -0.15) is 0 Å². The molecule has 28 heavy (non-hydrogen) atoms. The van der Waals surface area contributed by atoms with Crippen LogP contribution in [0.25, 0.3) is 11.1 Å². The van der Waals surface area contributed by atoms with Crippen molar-refractivity contribution >= 4 is 29.3 Å². The second-order valence-electron chi connectivity index (χ2n) is 7.29. The molecular weight excluding hydrogens is 392 g/mol. The van der Waals surface area contributed by atoms with E-state index >= 15 is 0 Å². The molecule has 4 rings (SSSR count). The van der Waals surface area contributed by atoms with Crippen molar-refractivity contribution < 1.29 is 9.53 Å². The van der Waals surface area contributed by atoms with Crippen LogP contribution in [0.15, 0.2) is 48.5 Å². The second-order valence-corrected chi connectivity index (χ2v) is 8.94. The number of carbonyl (C=O) groups excluding carboxylic acids is 1. The van der Waals surface area contributed by atoms with Gasteiger partial charge in [0, 0.05) is 30.7 Å². The van der Waals surface area contributed by atoms with E-state index in [0.717, 1.165) is 66.7 Å². The zero-order chi connectivity index (χ0) is 19.3. The minimum absolute atomic E-state index is 0.119. The first-order valence-electron chi connectivity index (χ1n) is 9.77. The molecule has 2 fully saturated rings. The molecule has 0 aromatic heterocycles. The molecule has 2 saturated heterocycles. The monoisotopic (exact) mass is 416 g/mol. The molecule has 1 N–H and O–H groups in total. The molecule has 0 spiro atoms. The molecule has 0 aliphatic carbocycles. The molecule has 1 amide bonds. The predicted octanol–water partition coefficient (Wildman–Crippen LogP) is 4.00. The molecule has 0 unspecified atom stereocenters. The van der Waals surface area contributed by atoms with Crippen molar-refractivity contribution in [3.8, 4) is 11.1 Å². The average molecular weight is 417 g/mol. The number of halogens is 1. The highest BCUT2D eigenvalue weighted by Gasteiger charge is 2.28. The summed E-state index contributed by atoms with van der Waals surface area (Å²) in [6.07, 6.45) is 1.00. The lowest BCUT2D eigenvalue weighted by Gasteiger charge is -2.30. The third-order valence-corrected chi connectivity index (χ3v) is 6.83. The van der Waals surface area contributed by atoms with Gasteiger partial charge in [0.1, 0.15) is 5.25 Å². The van der Waals surface area contributed by atoms with Crippen LogP contribution in [0, 0.1) is 0 Å². The highest BCUT2D eigenvalue weighted by Crippen LogP contribution is 2.34. The Balaban J connectivity index is 1.46. The smallest absolute Gasteiger partial charge is 0.237 e. The number of rotatable bonds is 4. The fourth-order valence-corrected chi connectivity index (χ4v) is 5.10. The minimum Gasteiger partial charge on any atom is -0.379 e. The Morgan fingerprint density at radius 3 is 2.68 bits per heavy atom. The summed E-state index contributed by atoms with van der Waals surface area (Å²) in [5.74, 6) is 1.10. The van der Waals surface area contributed by atoms with Gasteiger partial charge in [0.15, 0.2) is 0 Å². The predicted molar refractivity (Wildman–Crippen MR) is 116 cm³/mol. The quantitative estimate of drug-likeness (QED) is 0.817. The van der Waals surface area contributed by atoms with Crippen molar-refractivity contribution in [2.75, 3.05) is 38.6 Å². The third kappa shape index (κ3) is 4.90. The Hall–Kier alpha value is -1.53. The Bertz CT molecular complexity index is 808. The summed E-state index contributed by atoms with van der Waals surface area (Å²) >= 11 is 7.75. The molecule has 0 saturated carbocycles. The summed E-state index contributed by atoms with van der Waals surface area (Å²) < 4.78 is 5.42. The van der Waals surface area contributed by atoms with Gasteiger partial charge < -0.3 is 10.1 Å². The number of hydrogen-bond donors (Lipinski definition) is 1. The van der Waals surface area contributed by atoms with E-state index in [9.17, 15) is 4.79 Å². The first kappa shape index (κ1) is 19.8. The molecule has 6 heteroatoms. The van der Waals surface area contributed by atoms with Crippen LogP contribution in [0.4, 0.5) is 0 Å². The van der Waals surface area contributed by atoms with Crippen molar-refractivity contribution in [2.45, 2.75) is 17.7 Å². The number of hydrogen-bond acceptors (Lipinski definition) is 4. The number of carbonyl (C=O) groups is 1. The molecular formula is C22H25ClN2O2S. The fourth-order valence-electron chi connectivity index (χ4n) is 3.76. The van der Waals surface area contributed by atoms with Crippen molar-refractivity contribution in [1.82, 2.24) is 10.2 Å². The van der Waals surface area contributed by atoms with E-state index in [-0.39, 0.29) is 17.2 Å². The van der Waals surface area contributed by atoms with Crippen LogP contribution < -0.4 is 5.32 Å². The van der Waals surface area contributed by atoms with Gasteiger partial charge in [-0.1, -0.05) is 41.9 Å². The summed E-state index contributed by atoms with van der Waals surface area (Å²) in [5, 5.41) is 3.84. The van der Waals surface area contributed by atoms with E-state index in [0.29, 0.717) is 0 Å². The van der Waals surface area contributed by atoms with Crippen LogP contribution in [0.2, 0.25) is 5.02 Å². The number of morpholine rings is 1. The van der Waals surface area contributed by atoms with E-state index in [4.69, 9.17) is 16.3 Å². The van der Waals surface area contributed by atoms with E-state index in [2.05, 4.69) is 28.4 Å². The zero-order valence-corrected chi connectivity index (χ0v) is 17.3. The Labute approximate surface area is 175 Å². The number of amides is 1. The number of thioether (sulfide) groups is 1. The molecule has 4 nitrogen and oxygen atoms in total. The third-order valence-electron chi connectivity index (χ3n) is 5.28. The minimum atomic E-state index is -0.165. The molecule has 0 bridgehead atoms. The molecule has 0 radical (unpaired) electrons. The average Bonchev–Trinajstić information content (AvgIpc) is 2.90. The lowest BCUT2D eigenvalue weighted by Crippen LogP contribution is -2.47. The van der Waals surface area contributed by atoms with Crippen molar-refractivity contribution in [3.63, 3.8) is 0 Å². The molecule has 2 aliphatic rings. The number of benzene rings is 2. The van der Waals surface area contributed by atoms with Crippen molar-refractivity contribution in [3.05, 3.63) is 59.1 Å². The van der Waals surface area contributed by atoms with Gasteiger partial charge in [-0.15, -0.1) is 11.8 Å². The highest BCUT2D eigenvalue weighted by atomic mass is 35.5. The standard InChI is InChI=1S/C22H25ClN2O2S/c23-19-6-4-16(5-7-19)17-2-1-3-18(14-17)21-22(26)24-20(8-13-28-21)15-25-9-11-27-12-10-25/h1-7,14,20-21H,8-13,15H2,(H,24,26)/t20-,21-/m0/s1. The first-order valence-corrected chi connectivity index (χ1v) is 11.2. The Morgan fingerprint density at radius 1 is 1.11 bits per heavy atom. The maximum absolute atomic E-state index is 13.0. The maximum atomic E-state index is 13.0. The van der Waals surface area contributed by atoms with Crippen molar-refractivity contribution in [1.29, 1.82) is 0 Å². The lowest BCUT2D eigenvalue weighted by atomic mass is 10.0. The molecule has 2 heterocycles. The van der Waals surface area contributed by atoms with Gasteiger partial charge in [-0.05, 0) is 47.1 Å². The molecule has 148 valence electrons. The summed E-state index contributed by atoms with van der Waals surface area (Å²) in [6, 6.07) is 16.3. The summed E-state index contributed by atoms with van der Waals surface area (Å²) in [4.78, 5) is 15.4. The largest absolute Gasteiger partial charge is 0.379 e. The van der Waals surface area contributed by atoms with Gasteiger partial charge in [-0.3, -0.25) is 9.69 Å². The van der Waals surface area contributed by atoms with Crippen LogP contribution >= 0.6 is 23.4 Å². The van der Waals surface area contributed by atoms with Gasteiger partial charge in [0.05, 0.1) is 13.2 Å². The van der Waals surface area contributed by atoms with E-state index in [1.807, 2.05) is 30.3 Å². The van der Waals surface area contributed by atoms with Crippen LogP contribution in [0.5, 0.6) is 0 Å². The molecule has 2 aromatic carbocycles. The summed E-state index contributed by atoms with van der Waals surface area (Å²) in [6.45, 7) is 4.39. The van der Waals surface area contributed by atoms with Gasteiger partial charge in [-0.25, -0.2) is 0 Å². The van der Waals surface area contributed by atoms with Crippen LogP contribution in [0.3, 0.4) is 0 Å².